The first-order chi connectivity index (χ1) is 9.36. The highest BCUT2D eigenvalue weighted by Crippen LogP contribution is 2.25. The van der Waals surface area contributed by atoms with Crippen molar-refractivity contribution in [3.05, 3.63) is 34.1 Å². The second-order valence-electron chi connectivity index (χ2n) is 5.13. The molecule has 2 rings (SSSR count). The Hall–Kier alpha value is -1.68. The number of ether oxygens (including phenoxy) is 1. The highest BCUT2D eigenvalue weighted by atomic mass is 35.5. The molecule has 0 amide bonds. The number of aryl methyl sites for hydroxylation is 3. The third-order valence-electron chi connectivity index (χ3n) is 3.01. The molecule has 1 aromatic heterocycles. The van der Waals surface area contributed by atoms with Crippen LogP contribution in [0.1, 0.15) is 30.5 Å². The van der Waals surface area contributed by atoms with Crippen molar-refractivity contribution in [2.75, 3.05) is 0 Å². The fraction of sp³-hybridized carbons (Fsp3) is 0.400. The zero-order valence-electron chi connectivity index (χ0n) is 12.4. The summed E-state index contributed by atoms with van der Waals surface area (Å²) in [6, 6.07) is 4.44. The molecular weight excluding hydrogens is 274 g/mol. The predicted octanol–water partition coefficient (Wildman–Crippen LogP) is 3.90. The van der Waals surface area contributed by atoms with Crippen LogP contribution in [0, 0.1) is 20.8 Å². The summed E-state index contributed by atoms with van der Waals surface area (Å²) < 4.78 is 5.50. The lowest BCUT2D eigenvalue weighted by atomic mass is 10.0. The van der Waals surface area contributed by atoms with E-state index in [1.165, 1.54) is 11.1 Å². The van der Waals surface area contributed by atoms with Crippen molar-refractivity contribution in [3.63, 3.8) is 0 Å². The zero-order chi connectivity index (χ0) is 14.9. The van der Waals surface area contributed by atoms with E-state index in [-0.39, 0.29) is 17.4 Å². The van der Waals surface area contributed by atoms with Gasteiger partial charge in [0.25, 0.3) is 0 Å². The van der Waals surface area contributed by atoms with E-state index in [0.29, 0.717) is 5.82 Å². The highest BCUT2D eigenvalue weighted by Gasteiger charge is 2.12. The molecule has 0 atom stereocenters. The van der Waals surface area contributed by atoms with E-state index in [9.17, 15) is 0 Å². The lowest BCUT2D eigenvalue weighted by Gasteiger charge is -2.11. The molecule has 0 aliphatic heterocycles. The van der Waals surface area contributed by atoms with Crippen LogP contribution in [0.3, 0.4) is 0 Å². The van der Waals surface area contributed by atoms with E-state index in [1.807, 2.05) is 20.8 Å². The van der Waals surface area contributed by atoms with Gasteiger partial charge in [-0.25, -0.2) is 0 Å². The van der Waals surface area contributed by atoms with Crippen molar-refractivity contribution in [3.8, 4) is 17.4 Å². The number of rotatable bonds is 3. The second-order valence-corrected chi connectivity index (χ2v) is 5.47. The molecule has 0 aliphatic carbocycles. The third-order valence-corrected chi connectivity index (χ3v) is 3.18. The molecule has 5 heteroatoms. The summed E-state index contributed by atoms with van der Waals surface area (Å²) in [6.45, 7) is 10.0. The molecule has 0 N–H and O–H groups in total. The van der Waals surface area contributed by atoms with Gasteiger partial charge in [0.1, 0.15) is 0 Å². The first-order valence-corrected chi connectivity index (χ1v) is 6.91. The van der Waals surface area contributed by atoms with Crippen molar-refractivity contribution < 1.29 is 4.74 Å². The first-order valence-electron chi connectivity index (χ1n) is 6.53. The SMILES string of the molecule is Cc1cc(C)c(-c2nc(Cl)nc(OC(C)C)n2)cc1C. The van der Waals surface area contributed by atoms with E-state index >= 15 is 0 Å². The first kappa shape index (κ1) is 14.7. The van der Waals surface area contributed by atoms with Crippen LogP contribution >= 0.6 is 11.6 Å². The summed E-state index contributed by atoms with van der Waals surface area (Å²) >= 11 is 5.96. The van der Waals surface area contributed by atoms with E-state index in [2.05, 4.69) is 40.9 Å². The molecule has 20 heavy (non-hydrogen) atoms. The van der Waals surface area contributed by atoms with Gasteiger partial charge in [0.15, 0.2) is 5.82 Å². The van der Waals surface area contributed by atoms with E-state index in [0.717, 1.165) is 11.1 Å². The van der Waals surface area contributed by atoms with E-state index < -0.39 is 0 Å². The minimum absolute atomic E-state index is 0.0119. The summed E-state index contributed by atoms with van der Waals surface area (Å²) in [4.78, 5) is 12.5. The Morgan fingerprint density at radius 3 is 2.25 bits per heavy atom. The molecule has 4 nitrogen and oxygen atoms in total. The van der Waals surface area contributed by atoms with Gasteiger partial charge in [0.2, 0.25) is 5.28 Å². The normalized spacial score (nSPS) is 10.9. The van der Waals surface area contributed by atoms with Gasteiger partial charge in [-0.3, -0.25) is 0 Å². The van der Waals surface area contributed by atoms with Crippen LogP contribution in [-0.4, -0.2) is 21.1 Å². The van der Waals surface area contributed by atoms with Crippen molar-refractivity contribution >= 4 is 11.6 Å². The predicted molar refractivity (Wildman–Crippen MR) is 80.2 cm³/mol. The van der Waals surface area contributed by atoms with E-state index in [1.54, 1.807) is 0 Å². The number of nitrogens with zero attached hydrogens (tertiary/aromatic N) is 3. The van der Waals surface area contributed by atoms with Gasteiger partial charge in [0, 0.05) is 5.56 Å². The number of hydrogen-bond acceptors (Lipinski definition) is 4. The fourth-order valence-corrected chi connectivity index (χ4v) is 2.07. The maximum Gasteiger partial charge on any atom is 0.321 e. The van der Waals surface area contributed by atoms with Crippen molar-refractivity contribution in [2.45, 2.75) is 40.7 Å². The van der Waals surface area contributed by atoms with Crippen LogP contribution < -0.4 is 4.74 Å². The molecule has 0 unspecified atom stereocenters. The number of benzene rings is 1. The maximum atomic E-state index is 5.96. The molecule has 1 aromatic carbocycles. The molecule has 0 bridgehead atoms. The average Bonchev–Trinajstić information content (AvgIpc) is 2.32. The Bertz CT molecular complexity index is 641. The lowest BCUT2D eigenvalue weighted by Crippen LogP contribution is -2.10. The van der Waals surface area contributed by atoms with E-state index in [4.69, 9.17) is 16.3 Å². The minimum atomic E-state index is -0.0119. The van der Waals surface area contributed by atoms with Crippen molar-refractivity contribution in [1.29, 1.82) is 0 Å². The Morgan fingerprint density at radius 1 is 0.950 bits per heavy atom. The Balaban J connectivity index is 2.52. The summed E-state index contributed by atoms with van der Waals surface area (Å²) in [6.07, 6.45) is -0.0119. The van der Waals surface area contributed by atoms with Crippen molar-refractivity contribution in [1.82, 2.24) is 15.0 Å². The van der Waals surface area contributed by atoms with Gasteiger partial charge in [-0.15, -0.1) is 0 Å². The molecular formula is C15H18ClN3O. The summed E-state index contributed by atoms with van der Waals surface area (Å²) in [5.74, 6) is 0.543. The second kappa shape index (κ2) is 5.75. The lowest BCUT2D eigenvalue weighted by molar-refractivity contribution is 0.222. The molecule has 2 aromatic rings. The Kier molecular flexibility index (Phi) is 4.23. The topological polar surface area (TPSA) is 47.9 Å². The van der Waals surface area contributed by atoms with Gasteiger partial charge < -0.3 is 4.74 Å². The summed E-state index contributed by atoms with van der Waals surface area (Å²) in [5, 5.41) is 0.142. The van der Waals surface area contributed by atoms with Gasteiger partial charge in [-0.1, -0.05) is 6.07 Å². The van der Waals surface area contributed by atoms with Crippen LogP contribution in [0.5, 0.6) is 6.01 Å². The molecule has 0 spiro atoms. The number of aromatic nitrogens is 3. The Labute approximate surface area is 124 Å². The van der Waals surface area contributed by atoms with Gasteiger partial charge in [0.05, 0.1) is 6.10 Å². The maximum absolute atomic E-state index is 5.96. The standard InChI is InChI=1S/C15H18ClN3O/c1-8(2)20-15-18-13(17-14(16)19-15)12-7-10(4)9(3)6-11(12)5/h6-8H,1-5H3. The summed E-state index contributed by atoms with van der Waals surface area (Å²) in [7, 11) is 0. The van der Waals surface area contributed by atoms with Crippen LogP contribution in [0.4, 0.5) is 0 Å². The molecule has 1 heterocycles. The molecule has 0 saturated heterocycles. The average molecular weight is 292 g/mol. The number of hydrogen-bond donors (Lipinski definition) is 0. The number of halogens is 1. The van der Waals surface area contributed by atoms with Gasteiger partial charge >= 0.3 is 6.01 Å². The van der Waals surface area contributed by atoms with Crippen molar-refractivity contribution in [2.24, 2.45) is 0 Å². The molecule has 0 aliphatic rings. The molecule has 0 saturated carbocycles. The largest absolute Gasteiger partial charge is 0.461 e. The van der Waals surface area contributed by atoms with Gasteiger partial charge in [-0.2, -0.15) is 15.0 Å². The monoisotopic (exact) mass is 291 g/mol. The smallest absolute Gasteiger partial charge is 0.321 e. The quantitative estimate of drug-likeness (QED) is 0.860. The fourth-order valence-electron chi connectivity index (χ4n) is 1.92. The van der Waals surface area contributed by atoms with Crippen LogP contribution in [0.2, 0.25) is 5.28 Å². The molecule has 0 radical (unpaired) electrons. The van der Waals surface area contributed by atoms with Crippen LogP contribution in [-0.2, 0) is 0 Å². The summed E-state index contributed by atoms with van der Waals surface area (Å²) in [5.41, 5.74) is 4.48. The minimum Gasteiger partial charge on any atom is -0.461 e. The zero-order valence-corrected chi connectivity index (χ0v) is 13.1. The Morgan fingerprint density at radius 2 is 1.60 bits per heavy atom. The van der Waals surface area contributed by atoms with Gasteiger partial charge in [-0.05, 0) is 69.0 Å². The molecule has 106 valence electrons. The van der Waals surface area contributed by atoms with Crippen LogP contribution in [0.25, 0.3) is 11.4 Å². The highest BCUT2D eigenvalue weighted by molar-refractivity contribution is 6.28. The molecule has 0 fully saturated rings. The van der Waals surface area contributed by atoms with Crippen LogP contribution in [0.15, 0.2) is 12.1 Å². The third kappa shape index (κ3) is 3.25.